The zero-order valence-corrected chi connectivity index (χ0v) is 18.4. The number of phenolic OH excluding ortho intramolecular Hbond substituents is 2. The van der Waals surface area contributed by atoms with E-state index in [1.54, 1.807) is 24.3 Å². The fraction of sp³-hybridized carbons (Fsp3) is 0.190. The molecule has 0 aliphatic heterocycles. The van der Waals surface area contributed by atoms with E-state index in [-0.39, 0.29) is 17.3 Å². The smallest absolute Gasteiger partial charge is 0.185 e. The van der Waals surface area contributed by atoms with Crippen molar-refractivity contribution in [1.82, 2.24) is 0 Å². The molecule has 0 spiro atoms. The summed E-state index contributed by atoms with van der Waals surface area (Å²) in [5.74, 6) is 0.697. The van der Waals surface area contributed by atoms with Gasteiger partial charge in [-0.15, -0.1) is 0 Å². The maximum absolute atomic E-state index is 12.8. The predicted molar refractivity (Wildman–Crippen MR) is 115 cm³/mol. The lowest BCUT2D eigenvalue weighted by molar-refractivity contribution is -0.111. The number of methoxy groups -OCH3 is 2. The van der Waals surface area contributed by atoms with Gasteiger partial charge in [-0.1, -0.05) is 0 Å². The van der Waals surface area contributed by atoms with Gasteiger partial charge in [0.05, 0.1) is 23.2 Å². The SMILES string of the molecule is COc1cc(/C=C2\CC/C(=C\c3cc(Br)c(O)c(OC)c3)C2=O)cc(Br)c1O. The van der Waals surface area contributed by atoms with Crippen molar-refractivity contribution in [3.63, 3.8) is 0 Å². The summed E-state index contributed by atoms with van der Waals surface area (Å²) in [5.41, 5.74) is 2.91. The summed E-state index contributed by atoms with van der Waals surface area (Å²) in [6, 6.07) is 6.84. The van der Waals surface area contributed by atoms with E-state index in [2.05, 4.69) is 31.9 Å². The lowest BCUT2D eigenvalue weighted by atomic mass is 10.1. The maximum atomic E-state index is 12.8. The van der Waals surface area contributed by atoms with Gasteiger partial charge in [0.25, 0.3) is 0 Å². The Morgan fingerprint density at radius 3 is 1.57 bits per heavy atom. The minimum atomic E-state index is -0.0219. The molecule has 3 rings (SSSR count). The average molecular weight is 510 g/mol. The first-order valence-electron chi connectivity index (χ1n) is 8.43. The summed E-state index contributed by atoms with van der Waals surface area (Å²) >= 11 is 6.58. The summed E-state index contributed by atoms with van der Waals surface area (Å²) < 4.78 is 11.3. The summed E-state index contributed by atoms with van der Waals surface area (Å²) in [6.45, 7) is 0. The highest BCUT2D eigenvalue weighted by atomic mass is 79.9. The standard InChI is InChI=1S/C21H18Br2O5/c1-27-17-9-11(7-15(22)20(17)25)5-13-3-4-14(19(13)24)6-12-8-16(23)21(26)18(10-12)28-2/h5-10,25-26H,3-4H2,1-2H3/b13-5+,14-6+. The van der Waals surface area contributed by atoms with Crippen LogP contribution in [0.25, 0.3) is 12.2 Å². The summed E-state index contributed by atoms with van der Waals surface area (Å²) in [4.78, 5) is 12.8. The van der Waals surface area contributed by atoms with Gasteiger partial charge >= 0.3 is 0 Å². The molecule has 2 aromatic rings. The first-order valence-corrected chi connectivity index (χ1v) is 10.0. The third-order valence-electron chi connectivity index (χ3n) is 4.47. The van der Waals surface area contributed by atoms with E-state index in [0.29, 0.717) is 44.4 Å². The molecule has 28 heavy (non-hydrogen) atoms. The van der Waals surface area contributed by atoms with Gasteiger partial charge < -0.3 is 19.7 Å². The molecule has 0 unspecified atom stereocenters. The Hall–Kier alpha value is -2.25. The van der Waals surface area contributed by atoms with E-state index in [1.807, 2.05) is 12.2 Å². The number of hydrogen-bond donors (Lipinski definition) is 2. The Bertz CT molecular complexity index is 929. The molecule has 0 radical (unpaired) electrons. The van der Waals surface area contributed by atoms with E-state index in [0.717, 1.165) is 11.1 Å². The lowest BCUT2D eigenvalue weighted by Gasteiger charge is -2.07. The zero-order chi connectivity index (χ0) is 20.4. The van der Waals surface area contributed by atoms with Gasteiger partial charge in [0, 0.05) is 11.1 Å². The quantitative estimate of drug-likeness (QED) is 0.534. The van der Waals surface area contributed by atoms with Crippen molar-refractivity contribution in [3.8, 4) is 23.0 Å². The lowest BCUT2D eigenvalue weighted by Crippen LogP contribution is -1.96. The number of carbonyl (C=O) groups is 1. The van der Waals surface area contributed by atoms with E-state index >= 15 is 0 Å². The highest BCUT2D eigenvalue weighted by Gasteiger charge is 2.23. The van der Waals surface area contributed by atoms with Crippen molar-refractivity contribution in [3.05, 3.63) is 55.5 Å². The van der Waals surface area contributed by atoms with Crippen LogP contribution in [0.15, 0.2) is 44.4 Å². The number of ketones is 1. The number of allylic oxidation sites excluding steroid dienone is 2. The molecule has 0 saturated heterocycles. The Morgan fingerprint density at radius 1 is 0.821 bits per heavy atom. The first kappa shape index (κ1) is 20.5. The van der Waals surface area contributed by atoms with Gasteiger partial charge in [0.1, 0.15) is 0 Å². The number of benzene rings is 2. The van der Waals surface area contributed by atoms with Crippen molar-refractivity contribution < 1.29 is 24.5 Å². The number of aromatic hydroxyl groups is 2. The number of Topliss-reactive ketones (excluding diaryl/α,β-unsaturated/α-hetero) is 1. The van der Waals surface area contributed by atoms with Crippen LogP contribution in [0.4, 0.5) is 0 Å². The summed E-state index contributed by atoms with van der Waals surface area (Å²) in [7, 11) is 2.95. The van der Waals surface area contributed by atoms with Crippen LogP contribution in [0.2, 0.25) is 0 Å². The highest BCUT2D eigenvalue weighted by Crippen LogP contribution is 2.38. The largest absolute Gasteiger partial charge is 0.503 e. The Labute approximate surface area is 179 Å². The van der Waals surface area contributed by atoms with Crippen molar-refractivity contribution in [1.29, 1.82) is 0 Å². The van der Waals surface area contributed by atoms with Crippen molar-refractivity contribution >= 4 is 49.8 Å². The molecular weight excluding hydrogens is 492 g/mol. The maximum Gasteiger partial charge on any atom is 0.185 e. The molecule has 1 aliphatic carbocycles. The molecule has 2 N–H and O–H groups in total. The topological polar surface area (TPSA) is 76.0 Å². The molecule has 7 heteroatoms. The fourth-order valence-electron chi connectivity index (χ4n) is 3.05. The molecule has 1 saturated carbocycles. The van der Waals surface area contributed by atoms with Crippen LogP contribution in [0.5, 0.6) is 23.0 Å². The van der Waals surface area contributed by atoms with Gasteiger partial charge in [-0.25, -0.2) is 0 Å². The minimum absolute atomic E-state index is 0.0219. The Morgan fingerprint density at radius 2 is 1.21 bits per heavy atom. The van der Waals surface area contributed by atoms with Crippen LogP contribution in [0.3, 0.4) is 0 Å². The monoisotopic (exact) mass is 508 g/mol. The molecule has 0 aromatic heterocycles. The minimum Gasteiger partial charge on any atom is -0.503 e. The second-order valence-corrected chi connectivity index (χ2v) is 7.98. The average Bonchev–Trinajstić information content (AvgIpc) is 3.00. The number of rotatable bonds is 4. The highest BCUT2D eigenvalue weighted by molar-refractivity contribution is 9.10. The Kier molecular flexibility index (Phi) is 6.15. The molecule has 2 aromatic carbocycles. The molecule has 1 aliphatic rings. The van der Waals surface area contributed by atoms with Gasteiger partial charge in [0.2, 0.25) is 0 Å². The molecular formula is C21H18Br2O5. The van der Waals surface area contributed by atoms with E-state index in [9.17, 15) is 15.0 Å². The predicted octanol–water partition coefficient (Wildman–Crippen LogP) is 5.47. The van der Waals surface area contributed by atoms with Crippen LogP contribution >= 0.6 is 31.9 Å². The molecule has 0 amide bonds. The van der Waals surface area contributed by atoms with Crippen LogP contribution in [0.1, 0.15) is 24.0 Å². The van der Waals surface area contributed by atoms with Crippen molar-refractivity contribution in [2.24, 2.45) is 0 Å². The summed E-state index contributed by atoms with van der Waals surface area (Å²) in [6.07, 6.45) is 4.87. The normalized spacial score (nSPS) is 16.8. The molecule has 146 valence electrons. The van der Waals surface area contributed by atoms with Gasteiger partial charge in [0.15, 0.2) is 28.8 Å². The van der Waals surface area contributed by atoms with Crippen molar-refractivity contribution in [2.75, 3.05) is 14.2 Å². The fourth-order valence-corrected chi connectivity index (χ4v) is 3.97. The van der Waals surface area contributed by atoms with E-state index in [4.69, 9.17) is 9.47 Å². The number of hydrogen-bond acceptors (Lipinski definition) is 5. The zero-order valence-electron chi connectivity index (χ0n) is 15.3. The number of ether oxygens (including phenoxy) is 2. The van der Waals surface area contributed by atoms with Crippen LogP contribution in [0, 0.1) is 0 Å². The third kappa shape index (κ3) is 4.10. The molecule has 0 heterocycles. The van der Waals surface area contributed by atoms with Crippen LogP contribution in [-0.4, -0.2) is 30.2 Å². The number of halogens is 2. The summed E-state index contributed by atoms with van der Waals surface area (Å²) in [5, 5.41) is 19.9. The number of carbonyl (C=O) groups excluding carboxylic acids is 1. The van der Waals surface area contributed by atoms with E-state index in [1.165, 1.54) is 14.2 Å². The van der Waals surface area contributed by atoms with Gasteiger partial charge in [-0.2, -0.15) is 0 Å². The molecule has 1 fully saturated rings. The van der Waals surface area contributed by atoms with Crippen LogP contribution < -0.4 is 9.47 Å². The molecule has 0 bridgehead atoms. The van der Waals surface area contributed by atoms with Crippen LogP contribution in [-0.2, 0) is 4.79 Å². The second-order valence-electron chi connectivity index (χ2n) is 6.28. The third-order valence-corrected chi connectivity index (χ3v) is 5.68. The van der Waals surface area contributed by atoms with Gasteiger partial charge in [-0.05, 0) is 92.2 Å². The first-order chi connectivity index (χ1) is 13.3. The Balaban J connectivity index is 1.91. The molecule has 0 atom stereocenters. The van der Waals surface area contributed by atoms with E-state index < -0.39 is 0 Å². The van der Waals surface area contributed by atoms with Gasteiger partial charge in [-0.3, -0.25) is 4.79 Å². The van der Waals surface area contributed by atoms with Crippen molar-refractivity contribution in [2.45, 2.75) is 12.8 Å². The second kappa shape index (κ2) is 8.41. The molecule has 5 nitrogen and oxygen atoms in total. The number of phenols is 2.